The van der Waals surface area contributed by atoms with Gasteiger partial charge in [-0.1, -0.05) is 24.3 Å². The Kier molecular flexibility index (Phi) is 1.68. The highest BCUT2D eigenvalue weighted by atomic mass is 15.1. The van der Waals surface area contributed by atoms with Crippen LogP contribution >= 0.6 is 0 Å². The van der Waals surface area contributed by atoms with Crippen LogP contribution in [0.4, 0.5) is 0 Å². The first-order chi connectivity index (χ1) is 9.90. The topological polar surface area (TPSA) is 39.8 Å². The number of hydrogen-bond acceptors (Lipinski definition) is 0. The molecule has 0 aliphatic carbocycles. The lowest BCUT2D eigenvalue weighted by Gasteiger charge is -1.87. The van der Waals surface area contributed by atoms with E-state index >= 15 is 0 Å². The molecule has 4 heteroatoms. The highest BCUT2D eigenvalue weighted by Gasteiger charge is 2.19. The standard InChI is InChI=1S/C16H11N4/c1-3-7-13-11(5-1)17-15-9-20-14-8-4-2-6-12(14)18-16(20)10-19(13)15/h1-10H,(H,17,18)/q+1/p+1. The third-order valence-electron chi connectivity index (χ3n) is 3.87. The van der Waals surface area contributed by atoms with Gasteiger partial charge >= 0.3 is 11.3 Å². The van der Waals surface area contributed by atoms with Gasteiger partial charge in [0.2, 0.25) is 0 Å². The summed E-state index contributed by atoms with van der Waals surface area (Å²) in [7, 11) is 0. The number of aromatic amines is 2. The van der Waals surface area contributed by atoms with Crippen LogP contribution in [0.15, 0.2) is 60.9 Å². The average molecular weight is 260 g/mol. The Labute approximate surface area is 113 Å². The van der Waals surface area contributed by atoms with E-state index in [1.54, 1.807) is 0 Å². The van der Waals surface area contributed by atoms with Crippen molar-refractivity contribution in [3.63, 3.8) is 0 Å². The van der Waals surface area contributed by atoms with Crippen molar-refractivity contribution in [2.24, 2.45) is 0 Å². The van der Waals surface area contributed by atoms with Crippen molar-refractivity contribution in [3.8, 4) is 0 Å². The van der Waals surface area contributed by atoms with Crippen LogP contribution in [0.1, 0.15) is 0 Å². The van der Waals surface area contributed by atoms with Crippen molar-refractivity contribution in [1.82, 2.24) is 9.97 Å². The molecule has 0 aliphatic rings. The van der Waals surface area contributed by atoms with E-state index in [0.717, 1.165) is 22.3 Å². The number of aromatic nitrogens is 4. The monoisotopic (exact) mass is 260 g/mol. The summed E-state index contributed by atoms with van der Waals surface area (Å²) in [5.41, 5.74) is 6.81. The molecule has 0 bridgehead atoms. The fraction of sp³-hybridized carbons (Fsp3) is 0. The van der Waals surface area contributed by atoms with Crippen LogP contribution in [0.5, 0.6) is 0 Å². The smallest absolute Gasteiger partial charge is 0.233 e. The van der Waals surface area contributed by atoms with Gasteiger partial charge in [-0.15, -0.1) is 0 Å². The Bertz CT molecular complexity index is 1010. The number of para-hydroxylation sites is 4. The van der Waals surface area contributed by atoms with Crippen molar-refractivity contribution >= 4 is 33.4 Å². The number of H-pyrrole nitrogens is 2. The minimum Gasteiger partial charge on any atom is -0.233 e. The third kappa shape index (κ3) is 1.15. The molecule has 4 nitrogen and oxygen atoms in total. The van der Waals surface area contributed by atoms with Crippen molar-refractivity contribution in [2.45, 2.75) is 0 Å². The van der Waals surface area contributed by atoms with E-state index in [2.05, 4.69) is 67.6 Å². The molecule has 0 spiro atoms. The minimum atomic E-state index is 1.08. The molecule has 3 aromatic heterocycles. The molecule has 2 N–H and O–H groups in total. The maximum absolute atomic E-state index is 3.45. The Morgan fingerprint density at radius 1 is 0.600 bits per heavy atom. The molecule has 94 valence electrons. The molecule has 0 unspecified atom stereocenters. The highest BCUT2D eigenvalue weighted by molar-refractivity contribution is 5.76. The van der Waals surface area contributed by atoms with Crippen LogP contribution in [0.25, 0.3) is 33.4 Å². The molecule has 0 aliphatic heterocycles. The number of benzene rings is 2. The second-order valence-electron chi connectivity index (χ2n) is 5.05. The quantitative estimate of drug-likeness (QED) is 0.400. The normalized spacial score (nSPS) is 12.0. The SMILES string of the molecule is c1ccc2c(c1)[nH]c1c[n+]3c(c[n+]12)[nH]c1ccccc13. The highest BCUT2D eigenvalue weighted by Crippen LogP contribution is 2.12. The molecule has 2 aromatic carbocycles. The summed E-state index contributed by atoms with van der Waals surface area (Å²) in [6, 6.07) is 16.7. The van der Waals surface area contributed by atoms with Gasteiger partial charge in [0.25, 0.3) is 0 Å². The van der Waals surface area contributed by atoms with E-state index in [4.69, 9.17) is 0 Å². The van der Waals surface area contributed by atoms with Crippen LogP contribution in [0, 0.1) is 0 Å². The molecule has 5 aromatic rings. The zero-order valence-corrected chi connectivity index (χ0v) is 10.7. The zero-order valence-electron chi connectivity index (χ0n) is 10.7. The number of nitrogens with zero attached hydrogens (tertiary/aromatic N) is 2. The summed E-state index contributed by atoms with van der Waals surface area (Å²) in [4.78, 5) is 6.91. The van der Waals surface area contributed by atoms with Crippen LogP contribution in [0.2, 0.25) is 0 Å². The lowest BCUT2D eigenvalue weighted by Crippen LogP contribution is -2.29. The summed E-state index contributed by atoms with van der Waals surface area (Å²) in [6.07, 6.45) is 4.27. The number of nitrogens with one attached hydrogen (secondary N) is 2. The summed E-state index contributed by atoms with van der Waals surface area (Å²) in [5, 5.41) is 0. The predicted molar refractivity (Wildman–Crippen MR) is 76.5 cm³/mol. The van der Waals surface area contributed by atoms with Crippen LogP contribution in [-0.4, -0.2) is 9.97 Å². The van der Waals surface area contributed by atoms with Gasteiger partial charge in [-0.2, -0.15) is 8.80 Å². The minimum absolute atomic E-state index is 1.08. The van der Waals surface area contributed by atoms with Crippen molar-refractivity contribution < 1.29 is 8.80 Å². The van der Waals surface area contributed by atoms with Crippen LogP contribution in [0.3, 0.4) is 0 Å². The number of hydrogen-bond donors (Lipinski definition) is 2. The Morgan fingerprint density at radius 3 is 1.55 bits per heavy atom. The molecule has 0 fully saturated rings. The largest absolute Gasteiger partial charge is 0.325 e. The molecule has 0 atom stereocenters. The van der Waals surface area contributed by atoms with Gasteiger partial charge in [0.15, 0.2) is 34.5 Å². The van der Waals surface area contributed by atoms with E-state index in [9.17, 15) is 0 Å². The average Bonchev–Trinajstić information content (AvgIpc) is 3.02. The number of imidazole rings is 2. The van der Waals surface area contributed by atoms with Crippen LogP contribution in [-0.2, 0) is 0 Å². The molecule has 5 rings (SSSR count). The number of rotatable bonds is 0. The Morgan fingerprint density at radius 2 is 1.05 bits per heavy atom. The van der Waals surface area contributed by atoms with Crippen LogP contribution < -0.4 is 8.80 Å². The first-order valence-electron chi connectivity index (χ1n) is 6.64. The molecular weight excluding hydrogens is 248 g/mol. The lowest BCUT2D eigenvalue weighted by atomic mass is 10.3. The first-order valence-corrected chi connectivity index (χ1v) is 6.64. The van der Waals surface area contributed by atoms with Gasteiger partial charge in [-0.3, -0.25) is 0 Å². The molecule has 0 saturated carbocycles. The third-order valence-corrected chi connectivity index (χ3v) is 3.87. The fourth-order valence-electron chi connectivity index (χ4n) is 2.95. The maximum atomic E-state index is 3.45. The molecule has 0 amide bonds. The van der Waals surface area contributed by atoms with Crippen molar-refractivity contribution in [3.05, 3.63) is 60.9 Å². The Balaban J connectivity index is 2.05. The van der Waals surface area contributed by atoms with E-state index in [1.807, 2.05) is 12.1 Å². The molecule has 3 heterocycles. The van der Waals surface area contributed by atoms with Gasteiger partial charge in [0.1, 0.15) is 0 Å². The summed E-state index contributed by atoms with van der Waals surface area (Å²) >= 11 is 0. The van der Waals surface area contributed by atoms with Gasteiger partial charge in [0.05, 0.1) is 0 Å². The van der Waals surface area contributed by atoms with Gasteiger partial charge in [-0.05, 0) is 24.3 Å². The Hall–Kier alpha value is -2.88. The molecule has 20 heavy (non-hydrogen) atoms. The molecular formula is C16H12N4+2. The van der Waals surface area contributed by atoms with Gasteiger partial charge in [-0.25, -0.2) is 9.97 Å². The van der Waals surface area contributed by atoms with Gasteiger partial charge < -0.3 is 0 Å². The summed E-state index contributed by atoms with van der Waals surface area (Å²) in [6.45, 7) is 0. The fourth-order valence-corrected chi connectivity index (χ4v) is 2.95. The van der Waals surface area contributed by atoms with E-state index in [-0.39, 0.29) is 0 Å². The van der Waals surface area contributed by atoms with Crippen molar-refractivity contribution in [2.75, 3.05) is 0 Å². The maximum Gasteiger partial charge on any atom is 0.325 e. The molecule has 0 radical (unpaired) electrons. The predicted octanol–water partition coefficient (Wildman–Crippen LogP) is 2.13. The second-order valence-corrected chi connectivity index (χ2v) is 5.05. The number of fused-ring (bicyclic) bond motifs is 6. The second kappa shape index (κ2) is 3.36. The van der Waals surface area contributed by atoms with Gasteiger partial charge in [0, 0.05) is 0 Å². The first kappa shape index (κ1) is 9.97. The lowest BCUT2D eigenvalue weighted by molar-refractivity contribution is -0.534. The van der Waals surface area contributed by atoms with E-state index < -0.39 is 0 Å². The van der Waals surface area contributed by atoms with E-state index in [0.29, 0.717) is 0 Å². The molecule has 0 saturated heterocycles. The van der Waals surface area contributed by atoms with Crippen molar-refractivity contribution in [1.29, 1.82) is 0 Å². The summed E-state index contributed by atoms with van der Waals surface area (Å²) in [5.74, 6) is 0. The summed E-state index contributed by atoms with van der Waals surface area (Å²) < 4.78 is 4.36. The zero-order chi connectivity index (χ0) is 13.1. The van der Waals surface area contributed by atoms with E-state index in [1.165, 1.54) is 11.0 Å².